The van der Waals surface area contributed by atoms with Gasteiger partial charge in [-0.1, -0.05) is 12.1 Å². The minimum atomic E-state index is -0.311. The van der Waals surface area contributed by atoms with E-state index < -0.39 is 0 Å². The molecule has 0 fully saturated rings. The summed E-state index contributed by atoms with van der Waals surface area (Å²) in [7, 11) is 0. The van der Waals surface area contributed by atoms with Gasteiger partial charge in [0.15, 0.2) is 0 Å². The van der Waals surface area contributed by atoms with Crippen LogP contribution in [0.5, 0.6) is 0 Å². The maximum Gasteiger partial charge on any atom is 0.224 e. The molecule has 0 saturated heterocycles. The fraction of sp³-hybridized carbons (Fsp3) is 0.312. The lowest BCUT2D eigenvalue weighted by Gasteiger charge is -2.10. The number of carbonyl (C=O) groups excluding carboxylic acids is 1. The minimum absolute atomic E-state index is 0.0851. The molecule has 0 radical (unpaired) electrons. The Hall–Kier alpha value is -2.10. The van der Waals surface area contributed by atoms with Crippen molar-refractivity contribution in [2.45, 2.75) is 26.8 Å². The maximum atomic E-state index is 13.0. The Morgan fingerprint density at radius 3 is 2.55 bits per heavy atom. The molecule has 0 aliphatic heterocycles. The number of halogens is 1. The number of nitrogens with zero attached hydrogens (tertiary/aromatic N) is 1. The summed E-state index contributed by atoms with van der Waals surface area (Å²) in [5.74, 6) is -0.396. The molecule has 0 bridgehead atoms. The zero-order valence-corrected chi connectivity index (χ0v) is 11.8. The van der Waals surface area contributed by atoms with Gasteiger partial charge < -0.3 is 9.88 Å². The van der Waals surface area contributed by atoms with E-state index >= 15 is 0 Å². The van der Waals surface area contributed by atoms with E-state index in [0.29, 0.717) is 12.1 Å². The molecule has 1 N–H and O–H groups in total. The summed E-state index contributed by atoms with van der Waals surface area (Å²) in [5.41, 5.74) is 3.06. The van der Waals surface area contributed by atoms with Crippen molar-refractivity contribution < 1.29 is 9.18 Å². The summed E-state index contributed by atoms with van der Waals surface area (Å²) in [6, 6.07) is 10.3. The molecule has 1 aromatic heterocycles. The monoisotopic (exact) mass is 274 g/mol. The third-order valence-corrected chi connectivity index (χ3v) is 3.33. The third kappa shape index (κ3) is 3.70. The molecule has 4 heteroatoms. The molecule has 1 heterocycles. The Morgan fingerprint density at radius 1 is 1.20 bits per heavy atom. The third-order valence-electron chi connectivity index (χ3n) is 3.33. The zero-order valence-electron chi connectivity index (χ0n) is 11.8. The van der Waals surface area contributed by atoms with Crippen molar-refractivity contribution in [3.8, 4) is 0 Å². The van der Waals surface area contributed by atoms with Crippen LogP contribution in [-0.2, 0) is 17.8 Å². The molecule has 1 amide bonds. The number of nitrogens with one attached hydrogen (secondary N) is 1. The number of hydrogen-bond acceptors (Lipinski definition) is 1. The fourth-order valence-electron chi connectivity index (χ4n) is 2.25. The van der Waals surface area contributed by atoms with Gasteiger partial charge >= 0.3 is 0 Å². The van der Waals surface area contributed by atoms with E-state index in [-0.39, 0.29) is 18.1 Å². The topological polar surface area (TPSA) is 34.0 Å². The molecule has 2 rings (SSSR count). The molecule has 0 aliphatic rings. The normalized spacial score (nSPS) is 10.6. The standard InChI is InChI=1S/C16H19FN2O/c1-12-6-7-13(2)19(12)9-8-18-16(20)11-14-4-3-5-15(17)10-14/h3-7,10H,8-9,11H2,1-2H3,(H,18,20). The van der Waals surface area contributed by atoms with Crippen LogP contribution in [0.4, 0.5) is 4.39 Å². The van der Waals surface area contributed by atoms with Crippen LogP contribution < -0.4 is 5.32 Å². The highest BCUT2D eigenvalue weighted by Gasteiger charge is 2.05. The average molecular weight is 274 g/mol. The Morgan fingerprint density at radius 2 is 1.90 bits per heavy atom. The van der Waals surface area contributed by atoms with Gasteiger partial charge in [-0.25, -0.2) is 4.39 Å². The van der Waals surface area contributed by atoms with Crippen LogP contribution in [0.1, 0.15) is 17.0 Å². The van der Waals surface area contributed by atoms with E-state index in [2.05, 4.69) is 22.0 Å². The lowest BCUT2D eigenvalue weighted by atomic mass is 10.1. The second kappa shape index (κ2) is 6.37. The first-order valence-corrected chi connectivity index (χ1v) is 6.70. The number of amides is 1. The van der Waals surface area contributed by atoms with Gasteiger partial charge in [0.25, 0.3) is 0 Å². The largest absolute Gasteiger partial charge is 0.354 e. The molecule has 20 heavy (non-hydrogen) atoms. The Kier molecular flexibility index (Phi) is 4.56. The number of rotatable bonds is 5. The molecular formula is C16H19FN2O. The van der Waals surface area contributed by atoms with Gasteiger partial charge in [-0.2, -0.15) is 0 Å². The molecule has 0 spiro atoms. The molecule has 2 aromatic rings. The summed E-state index contributed by atoms with van der Waals surface area (Å²) < 4.78 is 15.2. The minimum Gasteiger partial charge on any atom is -0.354 e. The highest BCUT2D eigenvalue weighted by atomic mass is 19.1. The van der Waals surface area contributed by atoms with Crippen molar-refractivity contribution in [3.63, 3.8) is 0 Å². The summed E-state index contributed by atoms with van der Waals surface area (Å²) in [6.45, 7) is 5.41. The van der Waals surface area contributed by atoms with Crippen molar-refractivity contribution in [2.75, 3.05) is 6.54 Å². The first-order valence-electron chi connectivity index (χ1n) is 6.70. The van der Waals surface area contributed by atoms with E-state index in [0.717, 1.165) is 6.54 Å². The number of aryl methyl sites for hydroxylation is 2. The van der Waals surface area contributed by atoms with Gasteiger partial charge in [0.2, 0.25) is 5.91 Å². The van der Waals surface area contributed by atoms with Gasteiger partial charge in [-0.15, -0.1) is 0 Å². The Bertz CT molecular complexity index is 585. The first-order chi connectivity index (χ1) is 9.56. The Labute approximate surface area is 118 Å². The van der Waals surface area contributed by atoms with Gasteiger partial charge in [-0.05, 0) is 43.7 Å². The quantitative estimate of drug-likeness (QED) is 0.893. The van der Waals surface area contributed by atoms with E-state index in [4.69, 9.17) is 0 Å². The maximum absolute atomic E-state index is 13.0. The molecule has 106 valence electrons. The second-order valence-electron chi connectivity index (χ2n) is 4.92. The highest BCUT2D eigenvalue weighted by Crippen LogP contribution is 2.06. The van der Waals surface area contributed by atoms with Crippen molar-refractivity contribution in [1.29, 1.82) is 0 Å². The second-order valence-corrected chi connectivity index (χ2v) is 4.92. The Balaban J connectivity index is 1.81. The number of benzene rings is 1. The van der Waals surface area contributed by atoms with Crippen molar-refractivity contribution >= 4 is 5.91 Å². The summed E-state index contributed by atoms with van der Waals surface area (Å²) in [6.07, 6.45) is 0.210. The van der Waals surface area contributed by atoms with E-state index in [1.165, 1.54) is 23.5 Å². The van der Waals surface area contributed by atoms with E-state index in [1.807, 2.05) is 13.8 Å². The molecule has 0 saturated carbocycles. The van der Waals surface area contributed by atoms with Crippen molar-refractivity contribution in [2.24, 2.45) is 0 Å². The van der Waals surface area contributed by atoms with Crippen molar-refractivity contribution in [3.05, 3.63) is 59.2 Å². The van der Waals surface area contributed by atoms with Gasteiger partial charge in [0.05, 0.1) is 6.42 Å². The van der Waals surface area contributed by atoms with Gasteiger partial charge in [0, 0.05) is 24.5 Å². The van der Waals surface area contributed by atoms with Gasteiger partial charge in [-0.3, -0.25) is 4.79 Å². The van der Waals surface area contributed by atoms with Crippen molar-refractivity contribution in [1.82, 2.24) is 9.88 Å². The van der Waals surface area contributed by atoms with E-state index in [9.17, 15) is 9.18 Å². The average Bonchev–Trinajstić information content (AvgIpc) is 2.70. The molecule has 1 aromatic carbocycles. The molecule has 0 aliphatic carbocycles. The lowest BCUT2D eigenvalue weighted by Crippen LogP contribution is -2.29. The predicted octanol–water partition coefficient (Wildman–Crippen LogP) is 2.60. The van der Waals surface area contributed by atoms with Gasteiger partial charge in [0.1, 0.15) is 5.82 Å². The molecule has 0 atom stereocenters. The SMILES string of the molecule is Cc1ccc(C)n1CCNC(=O)Cc1cccc(F)c1. The molecule has 0 unspecified atom stereocenters. The molecule has 3 nitrogen and oxygen atoms in total. The van der Waals surface area contributed by atoms with Crippen LogP contribution in [-0.4, -0.2) is 17.0 Å². The zero-order chi connectivity index (χ0) is 14.5. The van der Waals surface area contributed by atoms with Crippen LogP contribution >= 0.6 is 0 Å². The summed E-state index contributed by atoms with van der Waals surface area (Å²) in [4.78, 5) is 11.8. The van der Waals surface area contributed by atoms with Crippen LogP contribution in [0.3, 0.4) is 0 Å². The smallest absolute Gasteiger partial charge is 0.224 e. The lowest BCUT2D eigenvalue weighted by molar-refractivity contribution is -0.120. The van der Waals surface area contributed by atoms with Crippen LogP contribution in [0.2, 0.25) is 0 Å². The number of carbonyl (C=O) groups is 1. The number of aromatic nitrogens is 1. The van der Waals surface area contributed by atoms with Crippen LogP contribution in [0.15, 0.2) is 36.4 Å². The highest BCUT2D eigenvalue weighted by molar-refractivity contribution is 5.78. The van der Waals surface area contributed by atoms with Crippen LogP contribution in [0.25, 0.3) is 0 Å². The first kappa shape index (κ1) is 14.3. The fourth-order valence-corrected chi connectivity index (χ4v) is 2.25. The summed E-state index contributed by atoms with van der Waals surface area (Å²) >= 11 is 0. The predicted molar refractivity (Wildman–Crippen MR) is 77.0 cm³/mol. The van der Waals surface area contributed by atoms with Crippen LogP contribution in [0, 0.1) is 19.7 Å². The molecular weight excluding hydrogens is 255 g/mol. The number of hydrogen-bond donors (Lipinski definition) is 1. The van der Waals surface area contributed by atoms with E-state index in [1.54, 1.807) is 12.1 Å². The summed E-state index contributed by atoms with van der Waals surface area (Å²) in [5, 5.41) is 2.86.